The molecule has 2 N–H and O–H groups in total. The summed E-state index contributed by atoms with van der Waals surface area (Å²) in [6.45, 7) is 5.04. The predicted octanol–water partition coefficient (Wildman–Crippen LogP) is 2.76. The van der Waals surface area contributed by atoms with E-state index in [1.54, 1.807) is 0 Å². The first-order chi connectivity index (χ1) is 10.6. The lowest BCUT2D eigenvalue weighted by Gasteiger charge is -2.19. The van der Waals surface area contributed by atoms with Crippen molar-refractivity contribution in [3.8, 4) is 5.75 Å². The van der Waals surface area contributed by atoms with E-state index in [1.165, 1.54) is 23.8 Å². The van der Waals surface area contributed by atoms with Crippen LogP contribution in [-0.2, 0) is 11.3 Å². The van der Waals surface area contributed by atoms with Gasteiger partial charge < -0.3 is 15.4 Å². The number of hydrogen-bond donors (Lipinski definition) is 2. The van der Waals surface area contributed by atoms with Gasteiger partial charge >= 0.3 is 0 Å². The topological polar surface area (TPSA) is 63.2 Å². The Labute approximate surface area is 133 Å². The van der Waals surface area contributed by atoms with Gasteiger partial charge in [-0.15, -0.1) is 11.3 Å². The molecule has 0 fully saturated rings. The SMILES string of the molecule is CC(=O)Nc1nc(CN[C@H](C)[C@@H]2COc3ccccc32)cs1. The largest absolute Gasteiger partial charge is 0.493 e. The van der Waals surface area contributed by atoms with Crippen LogP contribution in [0.5, 0.6) is 5.75 Å². The minimum atomic E-state index is -0.0954. The highest BCUT2D eigenvalue weighted by molar-refractivity contribution is 7.13. The average molecular weight is 317 g/mol. The standard InChI is InChI=1S/C16H19N3O2S/c1-10(14-8-21-15-6-4-3-5-13(14)15)17-7-12-9-22-16(19-12)18-11(2)20/h3-6,9-10,14,17H,7-8H2,1-2H3,(H,18,19,20)/t10-,14+/m1/s1. The highest BCUT2D eigenvalue weighted by atomic mass is 32.1. The molecule has 0 aliphatic carbocycles. The summed E-state index contributed by atoms with van der Waals surface area (Å²) in [5.41, 5.74) is 2.20. The minimum absolute atomic E-state index is 0.0954. The maximum Gasteiger partial charge on any atom is 0.223 e. The molecule has 2 atom stereocenters. The van der Waals surface area contributed by atoms with Crippen molar-refractivity contribution in [3.63, 3.8) is 0 Å². The summed E-state index contributed by atoms with van der Waals surface area (Å²) >= 11 is 1.44. The van der Waals surface area contributed by atoms with Crippen LogP contribution in [0.4, 0.5) is 5.13 Å². The second-order valence-corrected chi connectivity index (χ2v) is 6.31. The maximum absolute atomic E-state index is 11.0. The molecule has 1 aromatic heterocycles. The molecule has 0 saturated heterocycles. The van der Waals surface area contributed by atoms with Crippen molar-refractivity contribution >= 4 is 22.4 Å². The highest BCUT2D eigenvalue weighted by Gasteiger charge is 2.28. The van der Waals surface area contributed by atoms with Crippen molar-refractivity contribution in [3.05, 3.63) is 40.9 Å². The van der Waals surface area contributed by atoms with Crippen LogP contribution in [0, 0.1) is 0 Å². The molecule has 3 rings (SSSR count). The molecule has 22 heavy (non-hydrogen) atoms. The Hall–Kier alpha value is -1.92. The second-order valence-electron chi connectivity index (χ2n) is 5.45. The number of anilines is 1. The van der Waals surface area contributed by atoms with Gasteiger partial charge in [0, 0.05) is 36.4 Å². The summed E-state index contributed by atoms with van der Waals surface area (Å²) < 4.78 is 5.73. The van der Waals surface area contributed by atoms with Gasteiger partial charge in [0.2, 0.25) is 5.91 Å². The van der Waals surface area contributed by atoms with Gasteiger partial charge in [0.1, 0.15) is 5.75 Å². The Kier molecular flexibility index (Phi) is 4.40. The van der Waals surface area contributed by atoms with Crippen LogP contribution in [0.25, 0.3) is 0 Å². The molecule has 2 heterocycles. The molecule has 116 valence electrons. The lowest BCUT2D eigenvalue weighted by atomic mass is 9.94. The first-order valence-corrected chi connectivity index (χ1v) is 8.18. The monoisotopic (exact) mass is 317 g/mol. The van der Waals surface area contributed by atoms with E-state index in [9.17, 15) is 4.79 Å². The van der Waals surface area contributed by atoms with Crippen molar-refractivity contribution in [2.75, 3.05) is 11.9 Å². The maximum atomic E-state index is 11.0. The van der Waals surface area contributed by atoms with Gasteiger partial charge in [-0.3, -0.25) is 4.79 Å². The number of carbonyl (C=O) groups excluding carboxylic acids is 1. The Balaban J connectivity index is 1.58. The molecular weight excluding hydrogens is 298 g/mol. The third-order valence-electron chi connectivity index (χ3n) is 3.78. The Morgan fingerprint density at radius 1 is 1.50 bits per heavy atom. The van der Waals surface area contributed by atoms with Gasteiger partial charge in [0.25, 0.3) is 0 Å². The summed E-state index contributed by atoms with van der Waals surface area (Å²) in [5, 5.41) is 8.81. The molecule has 0 spiro atoms. The van der Waals surface area contributed by atoms with Crippen LogP contribution < -0.4 is 15.4 Å². The van der Waals surface area contributed by atoms with E-state index < -0.39 is 0 Å². The summed E-state index contributed by atoms with van der Waals surface area (Å²) in [6.07, 6.45) is 0. The zero-order valence-electron chi connectivity index (χ0n) is 12.6. The molecule has 5 nitrogen and oxygen atoms in total. The molecular formula is C16H19N3O2S. The van der Waals surface area contributed by atoms with Gasteiger partial charge in [0.05, 0.1) is 12.3 Å². The Morgan fingerprint density at radius 3 is 3.14 bits per heavy atom. The first-order valence-electron chi connectivity index (χ1n) is 7.30. The summed E-state index contributed by atoms with van der Waals surface area (Å²) in [7, 11) is 0. The number of ether oxygens (including phenoxy) is 1. The fraction of sp³-hybridized carbons (Fsp3) is 0.375. The van der Waals surface area contributed by atoms with Gasteiger partial charge in [-0.05, 0) is 13.0 Å². The molecule has 2 aromatic rings. The number of nitrogens with zero attached hydrogens (tertiary/aromatic N) is 1. The zero-order valence-corrected chi connectivity index (χ0v) is 13.4. The van der Waals surface area contributed by atoms with E-state index in [-0.39, 0.29) is 11.9 Å². The number of benzene rings is 1. The number of rotatable bonds is 5. The average Bonchev–Trinajstić information content (AvgIpc) is 3.10. The molecule has 1 aliphatic rings. The van der Waals surface area contributed by atoms with E-state index in [2.05, 4.69) is 28.6 Å². The Bertz CT molecular complexity index is 671. The van der Waals surface area contributed by atoms with Crippen molar-refractivity contribution in [2.24, 2.45) is 0 Å². The number of amides is 1. The first kappa shape index (κ1) is 15.0. The fourth-order valence-electron chi connectivity index (χ4n) is 2.61. The lowest BCUT2D eigenvalue weighted by molar-refractivity contribution is -0.114. The number of carbonyl (C=O) groups is 1. The molecule has 0 radical (unpaired) electrons. The second kappa shape index (κ2) is 6.46. The van der Waals surface area contributed by atoms with Crippen LogP contribution >= 0.6 is 11.3 Å². The lowest BCUT2D eigenvalue weighted by Crippen LogP contribution is -2.32. The predicted molar refractivity (Wildman–Crippen MR) is 87.4 cm³/mol. The smallest absolute Gasteiger partial charge is 0.223 e. The van der Waals surface area contributed by atoms with Crippen LogP contribution in [0.3, 0.4) is 0 Å². The molecule has 6 heteroatoms. The number of aromatic nitrogens is 1. The third-order valence-corrected chi connectivity index (χ3v) is 4.59. The fourth-order valence-corrected chi connectivity index (χ4v) is 3.36. The summed E-state index contributed by atoms with van der Waals surface area (Å²) in [5.74, 6) is 1.24. The number of thiazole rings is 1. The normalized spacial score (nSPS) is 17.6. The third kappa shape index (κ3) is 3.28. The van der Waals surface area contributed by atoms with Gasteiger partial charge in [-0.2, -0.15) is 0 Å². The van der Waals surface area contributed by atoms with E-state index >= 15 is 0 Å². The van der Waals surface area contributed by atoms with Crippen LogP contribution in [0.1, 0.15) is 31.0 Å². The molecule has 0 saturated carbocycles. The number of fused-ring (bicyclic) bond motifs is 1. The summed E-state index contributed by atoms with van der Waals surface area (Å²) in [6, 6.07) is 8.48. The molecule has 0 unspecified atom stereocenters. The highest BCUT2D eigenvalue weighted by Crippen LogP contribution is 2.35. The number of hydrogen-bond acceptors (Lipinski definition) is 5. The zero-order chi connectivity index (χ0) is 15.5. The van der Waals surface area contributed by atoms with Crippen LogP contribution in [0.2, 0.25) is 0 Å². The van der Waals surface area contributed by atoms with E-state index in [0.29, 0.717) is 24.2 Å². The molecule has 0 bridgehead atoms. The van der Waals surface area contributed by atoms with Gasteiger partial charge in [-0.25, -0.2) is 4.98 Å². The van der Waals surface area contributed by atoms with Crippen LogP contribution in [0.15, 0.2) is 29.6 Å². The van der Waals surface area contributed by atoms with E-state index in [1.807, 2.05) is 23.6 Å². The number of nitrogens with one attached hydrogen (secondary N) is 2. The number of para-hydroxylation sites is 1. The molecule has 1 aliphatic heterocycles. The van der Waals surface area contributed by atoms with Crippen molar-refractivity contribution in [1.29, 1.82) is 0 Å². The van der Waals surface area contributed by atoms with Crippen molar-refractivity contribution < 1.29 is 9.53 Å². The summed E-state index contributed by atoms with van der Waals surface area (Å²) in [4.78, 5) is 15.4. The van der Waals surface area contributed by atoms with Crippen molar-refractivity contribution in [1.82, 2.24) is 10.3 Å². The molecule has 1 aromatic carbocycles. The van der Waals surface area contributed by atoms with Crippen LogP contribution in [-0.4, -0.2) is 23.5 Å². The van der Waals surface area contributed by atoms with E-state index in [0.717, 1.165) is 11.4 Å². The Morgan fingerprint density at radius 2 is 2.32 bits per heavy atom. The van der Waals surface area contributed by atoms with Crippen molar-refractivity contribution in [2.45, 2.75) is 32.4 Å². The molecule has 1 amide bonds. The van der Waals surface area contributed by atoms with Gasteiger partial charge in [-0.1, -0.05) is 18.2 Å². The quantitative estimate of drug-likeness (QED) is 0.890. The minimum Gasteiger partial charge on any atom is -0.493 e. The van der Waals surface area contributed by atoms with Gasteiger partial charge in [0.15, 0.2) is 5.13 Å². The van der Waals surface area contributed by atoms with E-state index in [4.69, 9.17) is 4.74 Å².